The number of ketones is 3. The van der Waals surface area contributed by atoms with Crippen LogP contribution in [0.4, 0.5) is 29.0 Å². The molecule has 0 atom stereocenters. The van der Waals surface area contributed by atoms with Gasteiger partial charge in [-0.25, -0.2) is 58.6 Å². The number of likely N-dealkylation sites (tertiary alicyclic amines) is 3. The summed E-state index contributed by atoms with van der Waals surface area (Å²) in [7, 11) is -7.46. The van der Waals surface area contributed by atoms with Crippen LogP contribution in [0.25, 0.3) is 22.5 Å². The zero-order valence-electron chi connectivity index (χ0n) is 76.0. The van der Waals surface area contributed by atoms with Gasteiger partial charge in [0.1, 0.15) is 0 Å². The molecule has 3 aliphatic rings. The summed E-state index contributed by atoms with van der Waals surface area (Å²) in [4.78, 5) is 108. The van der Waals surface area contributed by atoms with Gasteiger partial charge in [-0.2, -0.15) is 0 Å². The van der Waals surface area contributed by atoms with Gasteiger partial charge in [0.25, 0.3) is 0 Å². The first-order chi connectivity index (χ1) is 65.3. The Morgan fingerprint density at radius 1 is 0.365 bits per heavy atom. The van der Waals surface area contributed by atoms with Gasteiger partial charge in [-0.05, 0) is 302 Å². The van der Waals surface area contributed by atoms with E-state index in [-0.39, 0.29) is 48.9 Å². The van der Waals surface area contributed by atoms with Crippen molar-refractivity contribution in [2.24, 2.45) is 33.7 Å². The number of carbonyl (C=O) groups is 6. The highest BCUT2D eigenvalue weighted by molar-refractivity contribution is 7.99. The number of amides is 3. The van der Waals surface area contributed by atoms with Crippen LogP contribution in [-0.4, -0.2) is 200 Å². The van der Waals surface area contributed by atoms with Crippen LogP contribution < -0.4 is 39.3 Å². The number of aromatic amines is 1. The number of piperidine rings is 3. The van der Waals surface area contributed by atoms with Crippen molar-refractivity contribution in [3.8, 4) is 22.5 Å². The number of benzene rings is 8. The summed E-state index contributed by atoms with van der Waals surface area (Å²) in [5.41, 5.74) is 33.9. The first kappa shape index (κ1) is 105. The van der Waals surface area contributed by atoms with E-state index in [4.69, 9.17) is 40.9 Å². The van der Waals surface area contributed by atoms with Crippen molar-refractivity contribution in [3.63, 3.8) is 0 Å². The second-order valence-corrected chi connectivity index (χ2v) is 42.0. The molecule has 0 bridgehead atoms. The first-order valence-corrected chi connectivity index (χ1v) is 50.3. The van der Waals surface area contributed by atoms with Crippen molar-refractivity contribution < 1.29 is 62.4 Å². The van der Waals surface area contributed by atoms with E-state index >= 15 is 0 Å². The molecule has 3 aliphatic heterocycles. The molecule has 3 amide bonds. The quantitative estimate of drug-likeness (QED) is 0.0128. The lowest BCUT2D eigenvalue weighted by atomic mass is 10.1. The Balaban J connectivity index is 0.000000172. The highest BCUT2D eigenvalue weighted by Gasteiger charge is 2.34. The Morgan fingerprint density at radius 2 is 0.657 bits per heavy atom. The monoisotopic (exact) mass is 1960 g/mol. The average Bonchev–Trinajstić information content (AvgIpc) is 0.800. The van der Waals surface area contributed by atoms with Gasteiger partial charge >= 0.3 is 0 Å². The SMILES string of the molecule is CC(=O)c1ccc(S(=O)(=O)C2CCN(C)CC2)cc1.CC(=O)c1ccc(S(=O)(=O)c2ccncc2)cc1.CC(=O)c1ccc(Sc2ccncc2)cc1.CN1CCC(S(=O)(=O)c2ccc(-c3ccnc(Nc4ccc(C(N)=O)cc4)n3)cc2)CC1.CN1CCC(S(=O)(=O)c2ccc(-c3ccnc(Nc4ccc(C(N)=O)cc4)n3)cc2)CC1.NC(=O)c1ccc(N=C(N)N)cc1.S=c1cc[nH]cc1. The minimum atomic E-state index is -3.53. The zero-order chi connectivity index (χ0) is 99.0. The molecule has 38 heteroatoms. The molecule has 13 aromatic rings. The fourth-order valence-electron chi connectivity index (χ4n) is 13.9. The number of carbonyl (C=O) groups excluding carboxylic acids is 6. The summed E-state index contributed by atoms with van der Waals surface area (Å²) in [6.45, 7) is 9.30. The maximum Gasteiger partial charge on any atom is 0.248 e. The van der Waals surface area contributed by atoms with Crippen molar-refractivity contribution in [2.45, 2.75) is 109 Å². The van der Waals surface area contributed by atoms with Gasteiger partial charge in [-0.3, -0.25) is 38.7 Å². The molecular weight excluding hydrogens is 1860 g/mol. The number of hydrogen-bond donors (Lipinski definition) is 8. The number of pyridine rings is 3. The van der Waals surface area contributed by atoms with E-state index in [9.17, 15) is 62.4 Å². The molecule has 0 aliphatic carbocycles. The number of aliphatic imine (C=N–C) groups is 1. The van der Waals surface area contributed by atoms with Gasteiger partial charge in [-0.15, -0.1) is 0 Å². The summed E-state index contributed by atoms with van der Waals surface area (Å²) in [6.07, 6.45) is 17.2. The number of guanidine groups is 1. The summed E-state index contributed by atoms with van der Waals surface area (Å²) < 4.78 is 102. The summed E-state index contributed by atoms with van der Waals surface area (Å²) >= 11 is 6.45. The minimum Gasteiger partial charge on any atom is -0.370 e. The van der Waals surface area contributed by atoms with E-state index in [1.165, 1.54) is 62.6 Å². The van der Waals surface area contributed by atoms with Crippen LogP contribution in [0.2, 0.25) is 0 Å². The fraction of sp³-hybridized carbons (Fsp3) is 0.212. The van der Waals surface area contributed by atoms with Gasteiger partial charge in [0.2, 0.25) is 39.5 Å². The van der Waals surface area contributed by atoms with Gasteiger partial charge in [0.05, 0.1) is 57.3 Å². The Labute approximate surface area is 806 Å². The number of anilines is 4. The molecule has 8 heterocycles. The standard InChI is InChI=1S/2C23H25N5O3S.C14H19NO3S.C13H11NO3S.C13H11NOS.C8H10N4O.C5H5NS/c2*1-28-14-11-20(12-15-28)32(30,31)19-8-4-16(5-9-19)21-10-13-25-23(27-21)26-18-6-2-17(3-7-18)22(24)29;1-11(16)12-3-5-13(6-4-12)19(17,18)14-7-9-15(2)10-8-14;1-10(15)11-2-4-12(5-3-11)18(16,17)13-6-8-14-9-7-13;1-10(15)11-2-4-12(5-3-11)16-13-6-8-14-9-7-13;9-7(13)5-1-3-6(4-2-5)12-8(10)11;7-5-1-3-6-4-2-5/h2*2-10,13,20H,11-12,14-15H2,1H3,(H2,24,29)(H,25,26,27);3-6,14H,7-10H2,1-2H3;2-9H,1H3;2-9H,1H3;1-4H,(H2,9,13)(H4,10,11,12);1-4H,(H,6,7). The van der Waals surface area contributed by atoms with E-state index in [2.05, 4.69) is 65.2 Å². The molecule has 0 radical (unpaired) electrons. The van der Waals surface area contributed by atoms with Crippen molar-refractivity contribution in [2.75, 3.05) is 71.0 Å². The number of nitrogens with zero attached hydrogens (tertiary/aromatic N) is 10. The van der Waals surface area contributed by atoms with Crippen LogP contribution in [0.5, 0.6) is 0 Å². The zero-order valence-corrected chi connectivity index (χ0v) is 80.9. The first-order valence-electron chi connectivity index (χ1n) is 43.0. The normalized spacial score (nSPS) is 13.7. The molecule has 3 saturated heterocycles. The summed E-state index contributed by atoms with van der Waals surface area (Å²) in [5.74, 6) is -0.753. The molecule has 13 N–H and O–H groups in total. The van der Waals surface area contributed by atoms with Crippen LogP contribution in [0.1, 0.15) is 121 Å². The number of aromatic nitrogens is 7. The third-order valence-electron chi connectivity index (χ3n) is 21.8. The number of primary amides is 3. The number of Topliss-reactive ketones (excluding diaryl/α,β-unsaturated/α-hetero) is 3. The molecule has 32 nitrogen and oxygen atoms in total. The van der Waals surface area contributed by atoms with Crippen molar-refractivity contribution in [1.82, 2.24) is 49.6 Å². The molecule has 0 spiro atoms. The van der Waals surface area contributed by atoms with Crippen LogP contribution in [-0.2, 0) is 39.3 Å². The Hall–Kier alpha value is -14.1. The Morgan fingerprint density at radius 3 is 0.971 bits per heavy atom. The second-order valence-electron chi connectivity index (χ2n) is 31.8. The van der Waals surface area contributed by atoms with Crippen molar-refractivity contribution in [1.29, 1.82) is 0 Å². The lowest BCUT2D eigenvalue weighted by Gasteiger charge is -2.28. The van der Waals surface area contributed by atoms with E-state index in [0.29, 0.717) is 121 Å². The topological polar surface area (TPSA) is 508 Å². The number of rotatable bonds is 23. The van der Waals surface area contributed by atoms with Crippen LogP contribution in [0.15, 0.2) is 331 Å². The van der Waals surface area contributed by atoms with Crippen LogP contribution in [0.3, 0.4) is 0 Å². The summed E-state index contributed by atoms with van der Waals surface area (Å²) in [6, 6.07) is 67.2. The third-order valence-corrected chi connectivity index (χ3v) is 31.7. The number of hydrogen-bond acceptors (Lipinski definition) is 28. The largest absolute Gasteiger partial charge is 0.370 e. The molecule has 8 aromatic carbocycles. The van der Waals surface area contributed by atoms with E-state index in [1.54, 1.807) is 201 Å². The smallest absolute Gasteiger partial charge is 0.248 e. The average molecular weight is 1960 g/mol. The maximum atomic E-state index is 13.0. The molecule has 16 rings (SSSR count). The minimum absolute atomic E-state index is 0.0215. The highest BCUT2D eigenvalue weighted by atomic mass is 32.2. The second kappa shape index (κ2) is 49.9. The van der Waals surface area contributed by atoms with E-state index in [0.717, 1.165) is 70.3 Å². The summed E-state index contributed by atoms with van der Waals surface area (Å²) in [5, 5.41) is 5.21. The molecule has 5 aromatic heterocycles. The predicted molar refractivity (Wildman–Crippen MR) is 534 cm³/mol. The molecule has 137 heavy (non-hydrogen) atoms. The molecule has 3 fully saturated rings. The lowest BCUT2D eigenvalue weighted by molar-refractivity contribution is 0.0992. The van der Waals surface area contributed by atoms with Gasteiger partial charge in [-0.1, -0.05) is 84.6 Å². The maximum absolute atomic E-state index is 13.0. The molecule has 0 saturated carbocycles. The van der Waals surface area contributed by atoms with Gasteiger partial charge in [0.15, 0.2) is 52.8 Å². The number of H-pyrrole nitrogens is 1. The number of nitrogens with one attached hydrogen (secondary N) is 3. The third kappa shape index (κ3) is 31.5. The van der Waals surface area contributed by atoms with E-state index in [1.807, 2.05) is 82.1 Å². The van der Waals surface area contributed by atoms with Crippen LogP contribution >= 0.6 is 24.0 Å². The van der Waals surface area contributed by atoms with Gasteiger partial charge < -0.3 is 59.0 Å². The van der Waals surface area contributed by atoms with Crippen molar-refractivity contribution in [3.05, 3.63) is 330 Å². The predicted octanol–water partition coefficient (Wildman–Crippen LogP) is 14.5. The molecule has 712 valence electrons. The Bertz CT molecular complexity index is 6630. The molecular formula is C99H106N18O14S6. The fourth-order valence-corrected chi connectivity index (χ4v) is 21.2. The van der Waals surface area contributed by atoms with Gasteiger partial charge in [0, 0.05) is 120 Å². The molecule has 0 unspecified atom stereocenters. The Kier molecular flexibility index (Phi) is 38.3. The van der Waals surface area contributed by atoms with Crippen LogP contribution in [0, 0.1) is 4.51 Å². The highest BCUT2D eigenvalue weighted by Crippen LogP contribution is 2.33. The van der Waals surface area contributed by atoms with Crippen molar-refractivity contribution >= 4 is 133 Å². The number of sulfone groups is 4. The van der Waals surface area contributed by atoms with E-state index < -0.39 is 57.1 Å². The number of nitrogens with two attached hydrogens (primary N) is 5. The lowest BCUT2D eigenvalue weighted by Crippen LogP contribution is -2.37.